The van der Waals surface area contributed by atoms with Gasteiger partial charge in [0.15, 0.2) is 0 Å². The second kappa shape index (κ2) is 8.12. The number of likely N-dealkylation sites (N-methyl/N-ethyl adjacent to an activating group) is 1. The number of carbonyl (C=O) groups is 1. The Morgan fingerprint density at radius 3 is 2.79 bits per heavy atom. The molecule has 2 aromatic carbocycles. The predicted octanol–water partition coefficient (Wildman–Crippen LogP) is 3.63. The molecule has 0 unspecified atom stereocenters. The smallest absolute Gasteiger partial charge is 0.219 e. The van der Waals surface area contributed by atoms with Gasteiger partial charge in [0.25, 0.3) is 0 Å². The summed E-state index contributed by atoms with van der Waals surface area (Å²) < 4.78 is 6.02. The van der Waals surface area contributed by atoms with E-state index in [1.165, 1.54) is 13.3 Å². The highest BCUT2D eigenvalue weighted by atomic mass is 16.5. The number of nitrogens with zero attached hydrogens (tertiary/aromatic N) is 3. The maximum atomic E-state index is 11.5. The molecule has 7 nitrogen and oxygen atoms in total. The van der Waals surface area contributed by atoms with Crippen LogP contribution in [0.15, 0.2) is 42.7 Å². The summed E-state index contributed by atoms with van der Waals surface area (Å²) >= 11 is 0. The Morgan fingerprint density at radius 2 is 2.07 bits per heavy atom. The summed E-state index contributed by atoms with van der Waals surface area (Å²) in [5.74, 6) is 1.48. The molecule has 0 aliphatic carbocycles. The van der Waals surface area contributed by atoms with Crippen LogP contribution in [-0.2, 0) is 4.79 Å². The second-order valence-electron chi connectivity index (χ2n) is 6.79. The molecule has 1 heterocycles. The zero-order chi connectivity index (χ0) is 20.3. The Morgan fingerprint density at radius 1 is 1.29 bits per heavy atom. The van der Waals surface area contributed by atoms with Crippen LogP contribution in [0.3, 0.4) is 0 Å². The van der Waals surface area contributed by atoms with Gasteiger partial charge >= 0.3 is 0 Å². The molecule has 0 fully saturated rings. The Hall–Kier alpha value is -3.35. The lowest BCUT2D eigenvalue weighted by Crippen LogP contribution is -2.37. The zero-order valence-corrected chi connectivity index (χ0v) is 16.4. The van der Waals surface area contributed by atoms with E-state index in [2.05, 4.69) is 15.3 Å². The van der Waals surface area contributed by atoms with E-state index in [-0.39, 0.29) is 17.7 Å². The number of phenolic OH excluding ortho intramolecular Hbond substituents is 1. The molecule has 0 radical (unpaired) electrons. The quantitative estimate of drug-likeness (QED) is 0.635. The molecule has 7 heteroatoms. The van der Waals surface area contributed by atoms with E-state index in [4.69, 9.17) is 4.74 Å². The molecule has 3 aromatic rings. The largest absolute Gasteiger partial charge is 0.508 e. The Labute approximate surface area is 164 Å². The van der Waals surface area contributed by atoms with Crippen LogP contribution in [0.1, 0.15) is 19.4 Å². The molecule has 0 spiro atoms. The number of hydrogen-bond donors (Lipinski definition) is 2. The first-order valence-corrected chi connectivity index (χ1v) is 9.03. The van der Waals surface area contributed by atoms with Gasteiger partial charge in [-0.3, -0.25) is 4.79 Å². The number of hydrogen-bond acceptors (Lipinski definition) is 6. The summed E-state index contributed by atoms with van der Waals surface area (Å²) in [5.41, 5.74) is 2.31. The highest BCUT2D eigenvalue weighted by Gasteiger charge is 2.15. The number of benzene rings is 2. The summed E-state index contributed by atoms with van der Waals surface area (Å²) in [4.78, 5) is 21.9. The number of ether oxygens (including phenoxy) is 1. The van der Waals surface area contributed by atoms with Crippen molar-refractivity contribution in [3.63, 3.8) is 0 Å². The number of aryl methyl sites for hydroxylation is 1. The van der Waals surface area contributed by atoms with Crippen molar-refractivity contribution in [2.75, 3.05) is 19.0 Å². The number of amides is 1. The Kier molecular flexibility index (Phi) is 5.63. The van der Waals surface area contributed by atoms with Crippen molar-refractivity contribution in [2.24, 2.45) is 0 Å². The molecule has 3 rings (SSSR count). The molecule has 0 aliphatic heterocycles. The minimum Gasteiger partial charge on any atom is -0.508 e. The fourth-order valence-electron chi connectivity index (χ4n) is 2.80. The van der Waals surface area contributed by atoms with Gasteiger partial charge in [-0.1, -0.05) is 6.07 Å². The van der Waals surface area contributed by atoms with Gasteiger partial charge < -0.3 is 20.1 Å². The Bertz CT molecular complexity index is 1000. The maximum Gasteiger partial charge on any atom is 0.219 e. The lowest BCUT2D eigenvalue weighted by molar-refractivity contribution is -0.129. The van der Waals surface area contributed by atoms with Crippen molar-refractivity contribution in [2.45, 2.75) is 26.8 Å². The number of nitrogens with one attached hydrogen (secondary N) is 1. The highest BCUT2D eigenvalue weighted by Crippen LogP contribution is 2.32. The van der Waals surface area contributed by atoms with Crippen molar-refractivity contribution in [1.29, 1.82) is 0 Å². The van der Waals surface area contributed by atoms with Crippen LogP contribution < -0.4 is 10.1 Å². The van der Waals surface area contributed by atoms with Crippen LogP contribution in [0.25, 0.3) is 10.9 Å². The van der Waals surface area contributed by atoms with E-state index in [1.54, 1.807) is 24.1 Å². The van der Waals surface area contributed by atoms with E-state index < -0.39 is 0 Å². The maximum absolute atomic E-state index is 11.5. The number of rotatable bonds is 6. The van der Waals surface area contributed by atoms with E-state index in [9.17, 15) is 9.90 Å². The Balaban J connectivity index is 1.91. The summed E-state index contributed by atoms with van der Waals surface area (Å²) in [5, 5.41) is 13.8. The first-order valence-electron chi connectivity index (χ1n) is 9.03. The van der Waals surface area contributed by atoms with E-state index in [0.29, 0.717) is 18.2 Å². The molecule has 0 saturated carbocycles. The number of anilines is 2. The molecule has 0 aliphatic rings. The third-order valence-corrected chi connectivity index (χ3v) is 4.72. The number of aromatic hydroxyl groups is 1. The average Bonchev–Trinajstić information content (AvgIpc) is 2.68. The van der Waals surface area contributed by atoms with Gasteiger partial charge in [-0.2, -0.15) is 0 Å². The van der Waals surface area contributed by atoms with E-state index in [0.717, 1.165) is 22.2 Å². The van der Waals surface area contributed by atoms with Gasteiger partial charge in [0, 0.05) is 19.7 Å². The minimum absolute atomic E-state index is 0.0117. The summed E-state index contributed by atoms with van der Waals surface area (Å²) in [6.07, 6.45) is 1.49. The van der Waals surface area contributed by atoms with Crippen LogP contribution in [0.4, 0.5) is 11.5 Å². The fourth-order valence-corrected chi connectivity index (χ4v) is 2.80. The monoisotopic (exact) mass is 380 g/mol. The molecule has 2 N–H and O–H groups in total. The van der Waals surface area contributed by atoms with Crippen LogP contribution in [0.5, 0.6) is 11.5 Å². The van der Waals surface area contributed by atoms with E-state index >= 15 is 0 Å². The van der Waals surface area contributed by atoms with Crippen LogP contribution in [-0.4, -0.2) is 45.6 Å². The van der Waals surface area contributed by atoms with Crippen molar-refractivity contribution in [1.82, 2.24) is 14.9 Å². The number of carbonyl (C=O) groups excluding carboxylic acids is 1. The topological polar surface area (TPSA) is 87.6 Å². The highest BCUT2D eigenvalue weighted by molar-refractivity contribution is 5.95. The summed E-state index contributed by atoms with van der Waals surface area (Å²) in [6.45, 7) is 5.65. The molecule has 1 amide bonds. The van der Waals surface area contributed by atoms with Gasteiger partial charge in [0.2, 0.25) is 5.91 Å². The van der Waals surface area contributed by atoms with Crippen molar-refractivity contribution >= 4 is 28.3 Å². The van der Waals surface area contributed by atoms with Crippen LogP contribution in [0, 0.1) is 6.92 Å². The summed E-state index contributed by atoms with van der Waals surface area (Å²) in [7, 11) is 1.75. The van der Waals surface area contributed by atoms with Gasteiger partial charge in [-0.25, -0.2) is 9.97 Å². The number of aromatic nitrogens is 2. The first-order chi connectivity index (χ1) is 13.4. The molecule has 0 saturated heterocycles. The van der Waals surface area contributed by atoms with Gasteiger partial charge in [-0.05, 0) is 49.7 Å². The molecule has 28 heavy (non-hydrogen) atoms. The minimum atomic E-state index is -0.0754. The van der Waals surface area contributed by atoms with Crippen molar-refractivity contribution in [3.8, 4) is 11.5 Å². The average molecular weight is 380 g/mol. The van der Waals surface area contributed by atoms with Crippen molar-refractivity contribution in [3.05, 3.63) is 48.3 Å². The zero-order valence-electron chi connectivity index (χ0n) is 16.4. The molecular formula is C21H24N4O3. The number of phenols is 1. The van der Waals surface area contributed by atoms with Crippen LogP contribution in [0.2, 0.25) is 0 Å². The van der Waals surface area contributed by atoms with Crippen molar-refractivity contribution < 1.29 is 14.6 Å². The molecular weight excluding hydrogens is 356 g/mol. The molecule has 1 aromatic heterocycles. The van der Waals surface area contributed by atoms with E-state index in [1.807, 2.05) is 38.1 Å². The fraction of sp³-hybridized carbons (Fsp3) is 0.286. The predicted molar refractivity (Wildman–Crippen MR) is 109 cm³/mol. The third-order valence-electron chi connectivity index (χ3n) is 4.72. The standard InChI is InChI=1S/C21H24N4O3/c1-13-10-16(8-9-18(13)27)24-21-20-17(22-12-23-21)6-5-7-19(20)28-11-14(2)25(4)15(3)26/h5-10,12,14,27H,11H2,1-4H3,(H,22,23,24)/t14-/m1/s1. The SMILES string of the molecule is CC(=O)N(C)[C@H](C)COc1cccc2ncnc(Nc3ccc(O)c(C)c3)c12. The lowest BCUT2D eigenvalue weighted by Gasteiger charge is -2.24. The second-order valence-corrected chi connectivity index (χ2v) is 6.79. The van der Waals surface area contributed by atoms with Gasteiger partial charge in [-0.15, -0.1) is 0 Å². The first kappa shape index (κ1) is 19.4. The lowest BCUT2D eigenvalue weighted by atomic mass is 10.2. The summed E-state index contributed by atoms with van der Waals surface area (Å²) in [6, 6.07) is 10.8. The third kappa shape index (κ3) is 4.14. The normalized spacial score (nSPS) is 11.9. The van der Waals surface area contributed by atoms with Gasteiger partial charge in [0.05, 0.1) is 16.9 Å². The number of fused-ring (bicyclic) bond motifs is 1. The molecule has 0 bridgehead atoms. The molecule has 1 atom stereocenters. The van der Waals surface area contributed by atoms with Gasteiger partial charge in [0.1, 0.15) is 30.3 Å². The molecule has 146 valence electrons. The van der Waals surface area contributed by atoms with Crippen LogP contribution >= 0.6 is 0 Å².